The average Bonchev–Trinajstić information content (AvgIpc) is 3.42. The molecule has 34 heavy (non-hydrogen) atoms. The van der Waals surface area contributed by atoms with E-state index >= 15 is 0 Å². The highest BCUT2D eigenvalue weighted by atomic mass is 32.2. The fraction of sp³-hybridized carbons (Fsp3) is 0.542. The number of guanidine groups is 1. The third-order valence-electron chi connectivity index (χ3n) is 8.12. The molecule has 6 aliphatic rings. The minimum absolute atomic E-state index is 0.209. The first-order valence-electron chi connectivity index (χ1n) is 12.0. The number of thiazole rings is 1. The van der Waals surface area contributed by atoms with Gasteiger partial charge >= 0.3 is 0 Å². The quantitative estimate of drug-likeness (QED) is 0.550. The van der Waals surface area contributed by atoms with E-state index in [-0.39, 0.29) is 22.2 Å². The van der Waals surface area contributed by atoms with E-state index in [1.807, 2.05) is 23.7 Å². The molecule has 3 N–H and O–H groups in total. The van der Waals surface area contributed by atoms with Crippen LogP contribution in [0.4, 0.5) is 0 Å². The van der Waals surface area contributed by atoms with Crippen molar-refractivity contribution >= 4 is 49.5 Å². The van der Waals surface area contributed by atoms with Gasteiger partial charge in [-0.15, -0.1) is 11.3 Å². The highest BCUT2D eigenvalue weighted by molar-refractivity contribution is 7.90. The maximum absolute atomic E-state index is 12.8. The molecule has 5 aliphatic carbocycles. The van der Waals surface area contributed by atoms with Crippen molar-refractivity contribution in [3.63, 3.8) is 0 Å². The van der Waals surface area contributed by atoms with Crippen LogP contribution in [-0.2, 0) is 14.8 Å². The van der Waals surface area contributed by atoms with Crippen LogP contribution in [0.2, 0.25) is 0 Å². The summed E-state index contributed by atoms with van der Waals surface area (Å²) >= 11 is 1.57. The van der Waals surface area contributed by atoms with Crippen LogP contribution >= 0.6 is 11.3 Å². The molecule has 8 nitrogen and oxygen atoms in total. The molecule has 5 fully saturated rings. The molecule has 8 rings (SSSR count). The van der Waals surface area contributed by atoms with Gasteiger partial charge < -0.3 is 5.32 Å². The maximum Gasteiger partial charge on any atom is 0.276 e. The van der Waals surface area contributed by atoms with E-state index in [1.54, 1.807) is 17.4 Å². The monoisotopic (exact) mass is 497 g/mol. The highest BCUT2D eigenvalue weighted by Gasteiger charge is 2.60. The predicted molar refractivity (Wildman–Crippen MR) is 132 cm³/mol. The number of sulfonamides is 1. The number of rotatable bonds is 5. The summed E-state index contributed by atoms with van der Waals surface area (Å²) in [5.74, 6) is 1.25. The summed E-state index contributed by atoms with van der Waals surface area (Å²) in [5.41, 5.74) is 3.44. The zero-order chi connectivity index (χ0) is 23.1. The van der Waals surface area contributed by atoms with Crippen LogP contribution in [0.15, 0.2) is 34.4 Å². The first-order chi connectivity index (χ1) is 16.3. The molecule has 2 unspecified atom stereocenters. The lowest BCUT2D eigenvalue weighted by Crippen LogP contribution is -2.70. The van der Waals surface area contributed by atoms with Crippen LogP contribution < -0.4 is 15.4 Å². The summed E-state index contributed by atoms with van der Waals surface area (Å²) in [6, 6.07) is 5.91. The van der Waals surface area contributed by atoms with Gasteiger partial charge in [0.15, 0.2) is 0 Å². The van der Waals surface area contributed by atoms with Crippen molar-refractivity contribution in [2.45, 2.75) is 67.7 Å². The molecule has 1 aromatic carbocycles. The van der Waals surface area contributed by atoms with Crippen molar-refractivity contribution in [3.8, 4) is 0 Å². The van der Waals surface area contributed by atoms with Gasteiger partial charge in [0.2, 0.25) is 16.0 Å². The molecule has 0 spiro atoms. The lowest BCUT2D eigenvalue weighted by molar-refractivity contribution is -0.115. The Morgan fingerprint density at radius 3 is 2.65 bits per heavy atom. The van der Waals surface area contributed by atoms with Crippen LogP contribution in [0.25, 0.3) is 16.3 Å². The second-order valence-corrected chi connectivity index (χ2v) is 13.9. The Balaban J connectivity index is 1.14. The van der Waals surface area contributed by atoms with Crippen molar-refractivity contribution in [1.82, 2.24) is 20.3 Å². The van der Waals surface area contributed by atoms with Gasteiger partial charge in [0, 0.05) is 11.1 Å². The zero-order valence-electron chi connectivity index (χ0n) is 18.7. The van der Waals surface area contributed by atoms with Gasteiger partial charge in [0.25, 0.3) is 5.91 Å². The molecule has 1 amide bonds. The Kier molecular flexibility index (Phi) is 4.40. The molecule has 1 aromatic heterocycles. The molecule has 10 heteroatoms. The lowest BCUT2D eigenvalue weighted by atomic mass is 9.50. The number of hydrogen-bond donors (Lipinski definition) is 3. The fourth-order valence-corrected chi connectivity index (χ4v) is 9.68. The largest absolute Gasteiger partial charge is 0.350 e. The number of benzene rings is 1. The Hall–Kier alpha value is -2.30. The molecular formula is C24H27N5O3S2. The third-order valence-corrected chi connectivity index (χ3v) is 11.0. The number of nitrogens with one attached hydrogen (secondary N) is 3. The summed E-state index contributed by atoms with van der Waals surface area (Å²) in [5, 5.41) is 6.28. The Morgan fingerprint density at radius 2 is 1.88 bits per heavy atom. The molecule has 178 valence electrons. The first-order valence-corrected chi connectivity index (χ1v) is 14.5. The van der Waals surface area contributed by atoms with Gasteiger partial charge in [-0.3, -0.25) is 10.1 Å². The number of carbonyl (C=O) groups is 1. The van der Waals surface area contributed by atoms with E-state index in [0.717, 1.165) is 60.7 Å². The van der Waals surface area contributed by atoms with Gasteiger partial charge in [-0.2, -0.15) is 0 Å². The summed E-state index contributed by atoms with van der Waals surface area (Å²) < 4.78 is 29.9. The molecule has 2 aromatic rings. The van der Waals surface area contributed by atoms with Gasteiger partial charge in [-0.1, -0.05) is 6.07 Å². The van der Waals surface area contributed by atoms with Crippen LogP contribution in [0.5, 0.6) is 0 Å². The summed E-state index contributed by atoms with van der Waals surface area (Å²) in [6.07, 6.45) is 9.08. The van der Waals surface area contributed by atoms with E-state index in [4.69, 9.17) is 0 Å². The minimum atomic E-state index is -3.26. The Bertz CT molecular complexity index is 1360. The number of nitrogens with zero attached hydrogens (tertiary/aromatic N) is 2. The summed E-state index contributed by atoms with van der Waals surface area (Å²) in [6.45, 7) is 0. The number of amides is 1. The second kappa shape index (κ2) is 7.11. The summed E-state index contributed by atoms with van der Waals surface area (Å²) in [4.78, 5) is 21.6. The Morgan fingerprint density at radius 1 is 1.12 bits per heavy atom. The highest BCUT2D eigenvalue weighted by Crippen LogP contribution is 2.58. The van der Waals surface area contributed by atoms with Gasteiger partial charge in [0.05, 0.1) is 21.0 Å². The maximum atomic E-state index is 12.8. The number of hydrogen-bond acceptors (Lipinski definition) is 7. The molecular weight excluding hydrogens is 470 g/mol. The summed E-state index contributed by atoms with van der Waals surface area (Å²) in [7, 11) is -3.26. The van der Waals surface area contributed by atoms with E-state index < -0.39 is 10.0 Å². The van der Waals surface area contributed by atoms with Crippen molar-refractivity contribution in [2.24, 2.45) is 16.8 Å². The first kappa shape index (κ1) is 21.0. The van der Waals surface area contributed by atoms with Crippen LogP contribution in [-0.4, -0.2) is 41.6 Å². The lowest BCUT2D eigenvalue weighted by Gasteiger charge is -2.62. The third kappa shape index (κ3) is 3.58. The average molecular weight is 498 g/mol. The molecule has 0 saturated heterocycles. The van der Waals surface area contributed by atoms with E-state index in [1.165, 1.54) is 6.42 Å². The topological polar surface area (TPSA) is 113 Å². The van der Waals surface area contributed by atoms with Crippen molar-refractivity contribution in [1.29, 1.82) is 0 Å². The zero-order valence-corrected chi connectivity index (χ0v) is 20.3. The molecule has 0 radical (unpaired) electrons. The molecule has 4 bridgehead atoms. The van der Waals surface area contributed by atoms with Crippen LogP contribution in [0, 0.1) is 11.8 Å². The van der Waals surface area contributed by atoms with Gasteiger partial charge in [-0.05, 0) is 87.0 Å². The van der Waals surface area contributed by atoms with Gasteiger partial charge in [0.1, 0.15) is 5.70 Å². The smallest absolute Gasteiger partial charge is 0.276 e. The molecule has 5 saturated carbocycles. The minimum Gasteiger partial charge on any atom is -0.350 e. The van der Waals surface area contributed by atoms with Crippen molar-refractivity contribution in [2.75, 3.05) is 0 Å². The molecule has 2 heterocycles. The number of fused-ring (bicyclic) bond motifs is 1. The van der Waals surface area contributed by atoms with Gasteiger partial charge in [-0.25, -0.2) is 23.1 Å². The normalized spacial score (nSPS) is 35.7. The number of aromatic nitrogens is 1. The van der Waals surface area contributed by atoms with Crippen LogP contribution in [0.3, 0.4) is 0 Å². The van der Waals surface area contributed by atoms with Crippen molar-refractivity contribution < 1.29 is 13.2 Å². The number of carbonyl (C=O) groups excluding carboxylic acids is 1. The number of aliphatic imine (C=N–C) groups is 1. The van der Waals surface area contributed by atoms with E-state index in [2.05, 4.69) is 25.3 Å². The second-order valence-electron chi connectivity index (χ2n) is 11.0. The molecule has 1 aliphatic heterocycles. The van der Waals surface area contributed by atoms with Crippen molar-refractivity contribution in [3.05, 3.63) is 35.0 Å². The van der Waals surface area contributed by atoms with Crippen LogP contribution in [0.1, 0.15) is 56.9 Å². The van der Waals surface area contributed by atoms with E-state index in [9.17, 15) is 13.2 Å². The standard InChI is InChI=1S/C24H27N5O3S2/c30-21-19(6-14-1-4-18-20(7-14)33-13-25-18)26-22(27-21)28-23-8-15-5-16(9-23)11-24(10-15,12-23)29-34(31,32)17-2-3-17/h1,4,6-7,13,15-17,29H,2-3,5,8-12H2,(H2,26,27,28,30)/b19-6-. The van der Waals surface area contributed by atoms with E-state index in [0.29, 0.717) is 23.5 Å². The SMILES string of the molecule is O=C1NC(NC23CC4CC(C2)CC(NS(=O)(=O)C2CC2)(C4)C3)=N/C1=C\c1ccc2ncsc2c1. The molecule has 2 atom stereocenters. The predicted octanol–water partition coefficient (Wildman–Crippen LogP) is 2.89. The Labute approximate surface area is 202 Å². The fourth-order valence-electron chi connectivity index (χ4n) is 7.19.